The Hall–Kier alpha value is -0.770. The highest BCUT2D eigenvalue weighted by Crippen LogP contribution is 2.22. The molecule has 0 heterocycles. The van der Waals surface area contributed by atoms with E-state index in [-0.39, 0.29) is 6.10 Å². The fraction of sp³-hybridized carbons (Fsp3) is 0.917. The van der Waals surface area contributed by atoms with E-state index in [2.05, 4.69) is 18.7 Å². The number of hydrogen-bond donors (Lipinski definition) is 1. The van der Waals surface area contributed by atoms with Crippen molar-refractivity contribution in [3.05, 3.63) is 0 Å². The Labute approximate surface area is 97.9 Å². The van der Waals surface area contributed by atoms with Crippen LogP contribution in [-0.4, -0.2) is 17.5 Å². The molecule has 96 valence electrons. The van der Waals surface area contributed by atoms with Crippen LogP contribution in [0.25, 0.3) is 0 Å². The standard InChI is InChI=1S/C12H24O4/c1-4-6-8-11(9-7-5-2)10(3)15-12(13)16-14/h10-11,14H,4-9H2,1-3H3. The van der Waals surface area contributed by atoms with Crippen molar-refractivity contribution in [2.75, 3.05) is 0 Å². The van der Waals surface area contributed by atoms with E-state index in [0.29, 0.717) is 5.92 Å². The molecule has 0 aliphatic heterocycles. The molecule has 1 atom stereocenters. The van der Waals surface area contributed by atoms with Gasteiger partial charge >= 0.3 is 6.16 Å². The highest BCUT2D eigenvalue weighted by molar-refractivity contribution is 5.59. The summed E-state index contributed by atoms with van der Waals surface area (Å²) >= 11 is 0. The second kappa shape index (κ2) is 9.46. The van der Waals surface area contributed by atoms with Crippen molar-refractivity contribution in [2.45, 2.75) is 65.4 Å². The summed E-state index contributed by atoms with van der Waals surface area (Å²) in [6, 6.07) is 0. The number of unbranched alkanes of at least 4 members (excludes halogenated alkanes) is 2. The van der Waals surface area contributed by atoms with Gasteiger partial charge in [0.2, 0.25) is 0 Å². The van der Waals surface area contributed by atoms with Crippen LogP contribution in [0, 0.1) is 5.92 Å². The van der Waals surface area contributed by atoms with Crippen molar-refractivity contribution >= 4 is 6.16 Å². The van der Waals surface area contributed by atoms with Gasteiger partial charge in [0, 0.05) is 0 Å². The summed E-state index contributed by atoms with van der Waals surface area (Å²) in [6.07, 6.45) is 5.45. The maximum absolute atomic E-state index is 10.8. The number of hydrogen-bond acceptors (Lipinski definition) is 4. The molecule has 0 aliphatic rings. The lowest BCUT2D eigenvalue weighted by molar-refractivity contribution is -0.206. The summed E-state index contributed by atoms with van der Waals surface area (Å²) in [5.74, 6) is 0.360. The number of carbonyl (C=O) groups excluding carboxylic acids is 1. The number of carbonyl (C=O) groups is 1. The first-order valence-electron chi connectivity index (χ1n) is 6.17. The van der Waals surface area contributed by atoms with Gasteiger partial charge in [0.1, 0.15) is 6.10 Å². The first-order valence-corrected chi connectivity index (χ1v) is 6.17. The minimum absolute atomic E-state index is 0.197. The molecular weight excluding hydrogens is 208 g/mol. The first kappa shape index (κ1) is 15.2. The van der Waals surface area contributed by atoms with Crippen LogP contribution in [-0.2, 0) is 9.62 Å². The third kappa shape index (κ3) is 6.67. The van der Waals surface area contributed by atoms with E-state index in [1.807, 2.05) is 6.92 Å². The average Bonchev–Trinajstić information content (AvgIpc) is 2.28. The SMILES string of the molecule is CCCCC(CCCC)C(C)OC(=O)OO. The molecule has 1 N–H and O–H groups in total. The van der Waals surface area contributed by atoms with Crippen molar-refractivity contribution < 1.29 is 19.7 Å². The predicted molar refractivity (Wildman–Crippen MR) is 62.2 cm³/mol. The molecule has 0 rings (SSSR count). The van der Waals surface area contributed by atoms with Gasteiger partial charge in [-0.2, -0.15) is 5.26 Å². The molecule has 16 heavy (non-hydrogen) atoms. The van der Waals surface area contributed by atoms with Crippen LogP contribution in [0.2, 0.25) is 0 Å². The van der Waals surface area contributed by atoms with E-state index >= 15 is 0 Å². The van der Waals surface area contributed by atoms with Gasteiger partial charge in [-0.25, -0.2) is 4.79 Å². The molecule has 0 saturated heterocycles. The average molecular weight is 232 g/mol. The van der Waals surface area contributed by atoms with Gasteiger partial charge < -0.3 is 4.74 Å². The van der Waals surface area contributed by atoms with Crippen LogP contribution in [0.5, 0.6) is 0 Å². The van der Waals surface area contributed by atoms with Crippen LogP contribution >= 0.6 is 0 Å². The molecule has 4 heteroatoms. The molecule has 0 saturated carbocycles. The Morgan fingerprint density at radius 2 is 1.69 bits per heavy atom. The lowest BCUT2D eigenvalue weighted by atomic mass is 9.91. The molecular formula is C12H24O4. The lowest BCUT2D eigenvalue weighted by Crippen LogP contribution is -2.24. The summed E-state index contributed by atoms with van der Waals surface area (Å²) in [4.78, 5) is 14.3. The molecule has 0 spiro atoms. The van der Waals surface area contributed by atoms with E-state index in [9.17, 15) is 4.79 Å². The maximum atomic E-state index is 10.8. The van der Waals surface area contributed by atoms with Gasteiger partial charge in [-0.3, -0.25) is 4.89 Å². The molecule has 4 nitrogen and oxygen atoms in total. The molecule has 0 aromatic rings. The normalized spacial score (nSPS) is 12.6. The summed E-state index contributed by atoms with van der Waals surface area (Å²) in [5, 5.41) is 8.14. The van der Waals surface area contributed by atoms with Crippen LogP contribution in [0.1, 0.15) is 59.3 Å². The first-order chi connectivity index (χ1) is 7.65. The number of ether oxygens (including phenoxy) is 1. The minimum atomic E-state index is -1.01. The van der Waals surface area contributed by atoms with Crippen LogP contribution < -0.4 is 0 Å². The van der Waals surface area contributed by atoms with E-state index in [1.165, 1.54) is 0 Å². The Morgan fingerprint density at radius 1 is 1.19 bits per heavy atom. The third-order valence-electron chi connectivity index (χ3n) is 2.88. The van der Waals surface area contributed by atoms with E-state index < -0.39 is 6.16 Å². The van der Waals surface area contributed by atoms with Gasteiger partial charge in [-0.1, -0.05) is 39.5 Å². The topological polar surface area (TPSA) is 55.8 Å². The Balaban J connectivity index is 4.07. The summed E-state index contributed by atoms with van der Waals surface area (Å²) in [7, 11) is 0. The molecule has 0 radical (unpaired) electrons. The second-order valence-corrected chi connectivity index (χ2v) is 4.21. The third-order valence-corrected chi connectivity index (χ3v) is 2.88. The summed E-state index contributed by atoms with van der Waals surface area (Å²) < 4.78 is 4.94. The molecule has 0 aromatic heterocycles. The maximum Gasteiger partial charge on any atom is 0.540 e. The second-order valence-electron chi connectivity index (χ2n) is 4.21. The number of rotatable bonds is 8. The van der Waals surface area contributed by atoms with Gasteiger partial charge in [-0.15, -0.1) is 0 Å². The van der Waals surface area contributed by atoms with Gasteiger partial charge in [0.15, 0.2) is 0 Å². The Bertz CT molecular complexity index is 174. The van der Waals surface area contributed by atoms with Gasteiger partial charge in [0.05, 0.1) is 0 Å². The Morgan fingerprint density at radius 3 is 2.06 bits per heavy atom. The van der Waals surface area contributed by atoms with Gasteiger partial charge in [0.25, 0.3) is 0 Å². The van der Waals surface area contributed by atoms with Crippen LogP contribution in [0.3, 0.4) is 0 Å². The fourth-order valence-electron chi connectivity index (χ4n) is 1.82. The quantitative estimate of drug-likeness (QED) is 0.390. The van der Waals surface area contributed by atoms with E-state index in [4.69, 9.17) is 9.99 Å². The molecule has 0 fully saturated rings. The summed E-state index contributed by atoms with van der Waals surface area (Å²) in [6.45, 7) is 6.14. The van der Waals surface area contributed by atoms with Gasteiger partial charge in [-0.05, 0) is 25.7 Å². The summed E-state index contributed by atoms with van der Waals surface area (Å²) in [5.41, 5.74) is 0. The van der Waals surface area contributed by atoms with E-state index in [1.54, 1.807) is 0 Å². The zero-order valence-corrected chi connectivity index (χ0v) is 10.6. The monoisotopic (exact) mass is 232 g/mol. The Kier molecular flexibility index (Phi) is 9.00. The zero-order valence-electron chi connectivity index (χ0n) is 10.6. The molecule has 0 bridgehead atoms. The van der Waals surface area contributed by atoms with Crippen LogP contribution in [0.4, 0.5) is 4.79 Å². The zero-order chi connectivity index (χ0) is 12.4. The molecule has 0 aromatic carbocycles. The van der Waals surface area contributed by atoms with Crippen molar-refractivity contribution in [3.8, 4) is 0 Å². The van der Waals surface area contributed by atoms with Crippen molar-refractivity contribution in [1.29, 1.82) is 0 Å². The van der Waals surface area contributed by atoms with Crippen molar-refractivity contribution in [3.63, 3.8) is 0 Å². The smallest absolute Gasteiger partial charge is 0.429 e. The van der Waals surface area contributed by atoms with Crippen LogP contribution in [0.15, 0.2) is 0 Å². The van der Waals surface area contributed by atoms with E-state index in [0.717, 1.165) is 38.5 Å². The minimum Gasteiger partial charge on any atom is -0.429 e. The highest BCUT2D eigenvalue weighted by Gasteiger charge is 2.20. The highest BCUT2D eigenvalue weighted by atomic mass is 17.1. The fourth-order valence-corrected chi connectivity index (χ4v) is 1.82. The van der Waals surface area contributed by atoms with Crippen molar-refractivity contribution in [2.24, 2.45) is 5.92 Å². The molecule has 1 unspecified atom stereocenters. The van der Waals surface area contributed by atoms with Crippen molar-refractivity contribution in [1.82, 2.24) is 0 Å². The largest absolute Gasteiger partial charge is 0.540 e. The molecule has 0 aliphatic carbocycles. The lowest BCUT2D eigenvalue weighted by Gasteiger charge is -2.22. The molecule has 0 amide bonds. The predicted octanol–water partition coefficient (Wildman–Crippen LogP) is 4.00.